The summed E-state index contributed by atoms with van der Waals surface area (Å²) >= 11 is 0. The third-order valence-electron chi connectivity index (χ3n) is 1.92. The predicted molar refractivity (Wildman–Crippen MR) is 50.2 cm³/mol. The highest BCUT2D eigenvalue weighted by Crippen LogP contribution is 2.34. The minimum Gasteiger partial charge on any atom is -0.398 e. The van der Waals surface area contributed by atoms with E-state index in [0.29, 0.717) is 5.56 Å². The fraction of sp³-hybridized carbons (Fsp3) is 0. The van der Waals surface area contributed by atoms with E-state index in [2.05, 4.69) is 0 Å². The Morgan fingerprint density at radius 2 is 1.85 bits per heavy atom. The molecule has 1 aromatic rings. The highest BCUT2D eigenvalue weighted by atomic mass is 32.2. The fourth-order valence-electron chi connectivity index (χ4n) is 1.39. The summed E-state index contributed by atoms with van der Waals surface area (Å²) in [6, 6.07) is 4.86. The van der Waals surface area contributed by atoms with E-state index >= 15 is 0 Å². The molecule has 0 aromatic heterocycles. The average molecular weight is 196 g/mol. The zero-order chi connectivity index (χ0) is 9.64. The molecule has 0 radical (unpaired) electrons. The lowest BCUT2D eigenvalue weighted by Crippen LogP contribution is -2.00. The molecule has 13 heavy (non-hydrogen) atoms. The number of rotatable bonds is 0. The Bertz CT molecular complexity index is 503. The second kappa shape index (κ2) is 2.26. The maximum atomic E-state index is 11.4. The molecule has 2 rings (SSSR count). The second-order valence-corrected chi connectivity index (χ2v) is 4.58. The van der Waals surface area contributed by atoms with E-state index in [0.717, 1.165) is 5.41 Å². The standard InChI is InChI=1S/C8H8N2O2S/c9-6-3-1-2-5-7(10)4-13(11,12)8(5)6/h1-4H,9-10H2. The van der Waals surface area contributed by atoms with Gasteiger partial charge in [-0.1, -0.05) is 12.1 Å². The summed E-state index contributed by atoms with van der Waals surface area (Å²) in [5, 5.41) is 1.04. The molecule has 0 saturated heterocycles. The van der Waals surface area contributed by atoms with E-state index in [-0.39, 0.29) is 16.3 Å². The van der Waals surface area contributed by atoms with Crippen LogP contribution in [0.5, 0.6) is 0 Å². The summed E-state index contributed by atoms with van der Waals surface area (Å²) in [6.07, 6.45) is 0. The smallest absolute Gasteiger partial charge is 0.204 e. The topological polar surface area (TPSA) is 86.2 Å². The van der Waals surface area contributed by atoms with Crippen molar-refractivity contribution in [2.45, 2.75) is 4.90 Å². The molecule has 0 atom stereocenters. The molecule has 4 N–H and O–H groups in total. The zero-order valence-corrected chi connectivity index (χ0v) is 7.51. The number of nitrogens with two attached hydrogens (primary N) is 2. The molecular formula is C8H8N2O2S. The summed E-state index contributed by atoms with van der Waals surface area (Å²) in [7, 11) is -3.40. The molecule has 0 amide bonds. The van der Waals surface area contributed by atoms with Crippen molar-refractivity contribution in [2.24, 2.45) is 5.73 Å². The molecule has 1 aliphatic heterocycles. The van der Waals surface area contributed by atoms with Crippen molar-refractivity contribution < 1.29 is 8.42 Å². The Hall–Kier alpha value is -1.49. The van der Waals surface area contributed by atoms with Crippen LogP contribution in [0.25, 0.3) is 5.70 Å². The number of benzene rings is 1. The van der Waals surface area contributed by atoms with Crippen molar-refractivity contribution in [1.82, 2.24) is 0 Å². The first kappa shape index (κ1) is 8.12. The summed E-state index contributed by atoms with van der Waals surface area (Å²) < 4.78 is 22.9. The monoisotopic (exact) mass is 196 g/mol. The van der Waals surface area contributed by atoms with Gasteiger partial charge in [-0.15, -0.1) is 0 Å². The molecule has 1 aliphatic rings. The van der Waals surface area contributed by atoms with Gasteiger partial charge in [-0.3, -0.25) is 0 Å². The first-order chi connectivity index (χ1) is 6.02. The van der Waals surface area contributed by atoms with E-state index in [9.17, 15) is 8.42 Å². The molecule has 68 valence electrons. The van der Waals surface area contributed by atoms with Crippen LogP contribution < -0.4 is 11.5 Å². The predicted octanol–water partition coefficient (Wildman–Crippen LogP) is 0.313. The maximum Gasteiger partial charge on any atom is 0.204 e. The summed E-state index contributed by atoms with van der Waals surface area (Å²) in [4.78, 5) is 0.132. The maximum absolute atomic E-state index is 11.4. The largest absolute Gasteiger partial charge is 0.398 e. The van der Waals surface area contributed by atoms with Gasteiger partial charge >= 0.3 is 0 Å². The van der Waals surface area contributed by atoms with Crippen LogP contribution in [0.1, 0.15) is 5.56 Å². The molecular weight excluding hydrogens is 188 g/mol. The Kier molecular flexibility index (Phi) is 1.41. The normalized spacial score (nSPS) is 18.0. The van der Waals surface area contributed by atoms with Crippen LogP contribution >= 0.6 is 0 Å². The molecule has 5 heteroatoms. The van der Waals surface area contributed by atoms with Crippen molar-refractivity contribution in [1.29, 1.82) is 0 Å². The van der Waals surface area contributed by atoms with Gasteiger partial charge in [-0.25, -0.2) is 8.42 Å². The van der Waals surface area contributed by atoms with Gasteiger partial charge in [0.25, 0.3) is 0 Å². The van der Waals surface area contributed by atoms with Crippen LogP contribution in [-0.2, 0) is 9.84 Å². The molecule has 1 aromatic carbocycles. The SMILES string of the molecule is NC1=CS(=O)(=O)c2c(N)cccc21. The van der Waals surface area contributed by atoms with Crippen LogP contribution in [-0.4, -0.2) is 8.42 Å². The van der Waals surface area contributed by atoms with Crippen LogP contribution in [0, 0.1) is 0 Å². The van der Waals surface area contributed by atoms with Gasteiger partial charge in [0.15, 0.2) is 0 Å². The van der Waals surface area contributed by atoms with Crippen molar-refractivity contribution in [3.05, 3.63) is 29.2 Å². The molecule has 0 fully saturated rings. The van der Waals surface area contributed by atoms with E-state index in [4.69, 9.17) is 11.5 Å². The van der Waals surface area contributed by atoms with Crippen LogP contribution in [0.2, 0.25) is 0 Å². The quantitative estimate of drug-likeness (QED) is 0.585. The zero-order valence-electron chi connectivity index (χ0n) is 6.69. The van der Waals surface area contributed by atoms with Gasteiger partial charge in [-0.05, 0) is 6.07 Å². The first-order valence-corrected chi connectivity index (χ1v) is 5.18. The van der Waals surface area contributed by atoms with Gasteiger partial charge in [0.1, 0.15) is 4.90 Å². The molecule has 1 heterocycles. The second-order valence-electron chi connectivity index (χ2n) is 2.84. The first-order valence-electron chi connectivity index (χ1n) is 3.63. The summed E-state index contributed by atoms with van der Waals surface area (Å²) in [5.41, 5.74) is 12.1. The Labute approximate surface area is 75.8 Å². The van der Waals surface area contributed by atoms with E-state index in [1.165, 1.54) is 0 Å². The van der Waals surface area contributed by atoms with E-state index in [1.807, 2.05) is 0 Å². The van der Waals surface area contributed by atoms with Crippen LogP contribution in [0.4, 0.5) is 5.69 Å². The molecule has 0 bridgehead atoms. The van der Waals surface area contributed by atoms with E-state index < -0.39 is 9.84 Å². The molecule has 0 aliphatic carbocycles. The van der Waals surface area contributed by atoms with E-state index in [1.54, 1.807) is 18.2 Å². The Balaban J connectivity index is 2.90. The van der Waals surface area contributed by atoms with Crippen molar-refractivity contribution in [3.63, 3.8) is 0 Å². The van der Waals surface area contributed by atoms with Crippen LogP contribution in [0.15, 0.2) is 28.5 Å². The van der Waals surface area contributed by atoms with Crippen molar-refractivity contribution in [3.8, 4) is 0 Å². The van der Waals surface area contributed by atoms with Gasteiger partial charge in [0, 0.05) is 5.56 Å². The molecule has 0 saturated carbocycles. The molecule has 4 nitrogen and oxygen atoms in total. The number of hydrogen-bond acceptors (Lipinski definition) is 4. The third kappa shape index (κ3) is 1.01. The number of anilines is 1. The van der Waals surface area contributed by atoms with Gasteiger partial charge < -0.3 is 11.5 Å². The van der Waals surface area contributed by atoms with Crippen molar-refractivity contribution in [2.75, 3.05) is 5.73 Å². The minimum atomic E-state index is -3.40. The lowest BCUT2D eigenvalue weighted by atomic mass is 10.1. The van der Waals surface area contributed by atoms with Gasteiger partial charge in [0.05, 0.1) is 16.8 Å². The molecule has 0 unspecified atom stereocenters. The number of fused-ring (bicyclic) bond motifs is 1. The average Bonchev–Trinajstić information content (AvgIpc) is 2.24. The Morgan fingerprint density at radius 1 is 1.15 bits per heavy atom. The highest BCUT2D eigenvalue weighted by Gasteiger charge is 2.27. The lowest BCUT2D eigenvalue weighted by molar-refractivity contribution is 0.606. The summed E-state index contributed by atoms with van der Waals surface area (Å²) in [5.74, 6) is 0. The Morgan fingerprint density at radius 3 is 2.46 bits per heavy atom. The van der Waals surface area contributed by atoms with Crippen LogP contribution in [0.3, 0.4) is 0 Å². The number of nitrogen functional groups attached to an aromatic ring is 1. The molecule has 0 spiro atoms. The highest BCUT2D eigenvalue weighted by molar-refractivity contribution is 7.95. The van der Waals surface area contributed by atoms with Gasteiger partial charge in [0.2, 0.25) is 9.84 Å². The minimum absolute atomic E-state index is 0.132. The fourth-order valence-corrected chi connectivity index (χ4v) is 2.86. The van der Waals surface area contributed by atoms with Crippen molar-refractivity contribution >= 4 is 21.2 Å². The number of hydrogen-bond donors (Lipinski definition) is 2. The van der Waals surface area contributed by atoms with Gasteiger partial charge in [-0.2, -0.15) is 0 Å². The lowest BCUT2D eigenvalue weighted by Gasteiger charge is -2.02. The number of sulfone groups is 1. The third-order valence-corrected chi connectivity index (χ3v) is 3.51. The summed E-state index contributed by atoms with van der Waals surface area (Å²) in [6.45, 7) is 0.